The van der Waals surface area contributed by atoms with Gasteiger partial charge in [0.05, 0.1) is 22.0 Å². The van der Waals surface area contributed by atoms with Crippen LogP contribution in [0.1, 0.15) is 65.3 Å². The Morgan fingerprint density at radius 2 is 2.03 bits per heavy atom. The molecule has 1 aromatic carbocycles. The van der Waals surface area contributed by atoms with Crippen molar-refractivity contribution >= 4 is 39.1 Å². The van der Waals surface area contributed by atoms with Crippen LogP contribution in [0.2, 0.25) is 5.02 Å². The fourth-order valence-electron chi connectivity index (χ4n) is 5.51. The van der Waals surface area contributed by atoms with Crippen LogP contribution in [0.15, 0.2) is 35.0 Å². The molecule has 3 aromatic heterocycles. The van der Waals surface area contributed by atoms with Crippen molar-refractivity contribution in [3.63, 3.8) is 0 Å². The highest BCUT2D eigenvalue weighted by molar-refractivity contribution is 7.19. The summed E-state index contributed by atoms with van der Waals surface area (Å²) in [7, 11) is 0. The average molecular weight is 492 g/mol. The number of rotatable bonds is 3. The zero-order chi connectivity index (χ0) is 22.8. The molecule has 0 radical (unpaired) electrons. The fraction of sp³-hybridized carbons (Fsp3) is 0.346. The number of halogens is 1. The van der Waals surface area contributed by atoms with Crippen molar-refractivity contribution in [2.45, 2.75) is 57.1 Å². The minimum absolute atomic E-state index is 0.0582. The molecule has 7 rings (SSSR count). The van der Waals surface area contributed by atoms with Gasteiger partial charge in [0.25, 0.3) is 0 Å². The zero-order valence-electron chi connectivity index (χ0n) is 18.4. The molecule has 1 aliphatic carbocycles. The summed E-state index contributed by atoms with van der Waals surface area (Å²) in [6.07, 6.45) is 8.04. The summed E-state index contributed by atoms with van der Waals surface area (Å²) in [5.41, 5.74) is 6.33. The number of amides is 1. The topological polar surface area (TPSA) is 77.2 Å². The third-order valence-electron chi connectivity index (χ3n) is 7.14. The van der Waals surface area contributed by atoms with Crippen LogP contribution in [0.3, 0.4) is 0 Å². The molecule has 0 saturated carbocycles. The number of hydrogen-bond acceptors (Lipinski definition) is 6. The van der Waals surface area contributed by atoms with Crippen LogP contribution in [0.4, 0.5) is 0 Å². The van der Waals surface area contributed by atoms with Gasteiger partial charge in [0.1, 0.15) is 5.75 Å². The minimum atomic E-state index is -0.188. The summed E-state index contributed by atoms with van der Waals surface area (Å²) < 4.78 is 13.4. The van der Waals surface area contributed by atoms with E-state index in [1.165, 1.54) is 5.56 Å². The van der Waals surface area contributed by atoms with Gasteiger partial charge in [0, 0.05) is 51.2 Å². The summed E-state index contributed by atoms with van der Waals surface area (Å²) in [5.74, 6) is 1.83. The van der Waals surface area contributed by atoms with E-state index in [9.17, 15) is 4.79 Å². The molecular weight excluding hydrogens is 470 g/mol. The Labute approximate surface area is 205 Å². The van der Waals surface area contributed by atoms with Crippen molar-refractivity contribution in [1.82, 2.24) is 15.5 Å². The Balaban J connectivity index is 1.30. The Morgan fingerprint density at radius 3 is 2.91 bits per heavy atom. The third kappa shape index (κ3) is 3.25. The lowest BCUT2D eigenvalue weighted by atomic mass is 9.93. The maximum atomic E-state index is 11.7. The van der Waals surface area contributed by atoms with Crippen LogP contribution in [0, 0.1) is 0 Å². The van der Waals surface area contributed by atoms with Gasteiger partial charge in [-0.1, -0.05) is 16.8 Å². The maximum absolute atomic E-state index is 11.7. The molecule has 1 N–H and O–H groups in total. The number of thiophene rings is 1. The number of aryl methyl sites for hydroxylation is 1. The molecule has 34 heavy (non-hydrogen) atoms. The van der Waals surface area contributed by atoms with Crippen molar-refractivity contribution in [3.8, 4) is 16.9 Å². The normalized spacial score (nSPS) is 21.4. The van der Waals surface area contributed by atoms with Crippen molar-refractivity contribution in [2.24, 2.45) is 0 Å². The summed E-state index contributed by atoms with van der Waals surface area (Å²) in [6.45, 7) is 0. The molecule has 1 amide bonds. The Bertz CT molecular complexity index is 1460. The largest absolute Gasteiger partial charge is 0.481 e. The van der Waals surface area contributed by atoms with Gasteiger partial charge < -0.3 is 14.6 Å². The Hall–Kier alpha value is -2.90. The first kappa shape index (κ1) is 20.5. The molecule has 4 aromatic rings. The molecule has 1 fully saturated rings. The fourth-order valence-corrected chi connectivity index (χ4v) is 6.98. The van der Waals surface area contributed by atoms with Crippen LogP contribution in [0.5, 0.6) is 5.75 Å². The predicted molar refractivity (Wildman–Crippen MR) is 130 cm³/mol. The van der Waals surface area contributed by atoms with E-state index in [2.05, 4.69) is 21.5 Å². The van der Waals surface area contributed by atoms with Gasteiger partial charge in [-0.25, -0.2) is 0 Å². The first-order valence-corrected chi connectivity index (χ1v) is 13.0. The molecule has 1 unspecified atom stereocenters. The number of hydrogen-bond donors (Lipinski definition) is 1. The number of carbonyl (C=O) groups excluding carboxylic acids is 1. The average Bonchev–Trinajstić information content (AvgIpc) is 3.61. The van der Waals surface area contributed by atoms with Crippen LogP contribution in [-0.2, 0) is 24.1 Å². The van der Waals surface area contributed by atoms with E-state index >= 15 is 0 Å². The van der Waals surface area contributed by atoms with Gasteiger partial charge in [-0.3, -0.25) is 9.78 Å². The number of pyridine rings is 1. The zero-order valence-corrected chi connectivity index (χ0v) is 20.0. The molecule has 172 valence electrons. The van der Waals surface area contributed by atoms with Crippen molar-refractivity contribution in [2.75, 3.05) is 0 Å². The van der Waals surface area contributed by atoms with Crippen molar-refractivity contribution in [3.05, 3.63) is 62.9 Å². The Kier molecular flexibility index (Phi) is 4.71. The standard InChI is InChI=1S/C26H22ClN3O3S/c27-14-9-13-10-21(25-16-3-1-2-4-18(16)30-33-25)32-24(13)17(11-14)15-7-8-28-20-12-22(34-26(15)20)19-5-6-23(31)29-19/h7-9,11-12,19,21H,1-6,10H2,(H,29,31)/t19?,21-/m1/s1. The van der Waals surface area contributed by atoms with E-state index in [0.29, 0.717) is 17.9 Å². The second-order valence-electron chi connectivity index (χ2n) is 9.31. The van der Waals surface area contributed by atoms with Gasteiger partial charge in [-0.2, -0.15) is 0 Å². The van der Waals surface area contributed by atoms with Gasteiger partial charge in [-0.15, -0.1) is 11.3 Å². The van der Waals surface area contributed by atoms with Crippen LogP contribution in [0.25, 0.3) is 21.3 Å². The summed E-state index contributed by atoms with van der Waals surface area (Å²) in [4.78, 5) is 17.5. The molecule has 0 bridgehead atoms. The first-order chi connectivity index (χ1) is 16.6. The highest BCUT2D eigenvalue weighted by Crippen LogP contribution is 2.48. The first-order valence-electron chi connectivity index (χ1n) is 11.8. The molecule has 6 nitrogen and oxygen atoms in total. The quantitative estimate of drug-likeness (QED) is 0.374. The lowest BCUT2D eigenvalue weighted by Gasteiger charge is -2.14. The Morgan fingerprint density at radius 1 is 1.12 bits per heavy atom. The van der Waals surface area contributed by atoms with E-state index in [1.54, 1.807) is 11.3 Å². The molecule has 8 heteroatoms. The molecular formula is C26H22ClN3O3S. The molecule has 2 aliphatic heterocycles. The van der Waals surface area contributed by atoms with Crippen LogP contribution in [-0.4, -0.2) is 16.0 Å². The molecule has 1 saturated heterocycles. The van der Waals surface area contributed by atoms with E-state index in [0.717, 1.165) is 81.1 Å². The highest BCUT2D eigenvalue weighted by Gasteiger charge is 2.34. The summed E-state index contributed by atoms with van der Waals surface area (Å²) >= 11 is 8.27. The predicted octanol–water partition coefficient (Wildman–Crippen LogP) is 6.11. The molecule has 0 spiro atoms. The smallest absolute Gasteiger partial charge is 0.220 e. The van der Waals surface area contributed by atoms with Gasteiger partial charge >= 0.3 is 0 Å². The van der Waals surface area contributed by atoms with Gasteiger partial charge in [-0.05, 0) is 56.4 Å². The summed E-state index contributed by atoms with van der Waals surface area (Å²) in [6, 6.07) is 8.14. The molecule has 3 aliphatic rings. The number of fused-ring (bicyclic) bond motifs is 3. The van der Waals surface area contributed by atoms with Crippen molar-refractivity contribution < 1.29 is 14.1 Å². The summed E-state index contributed by atoms with van der Waals surface area (Å²) in [5, 5.41) is 8.08. The number of nitrogens with zero attached hydrogens (tertiary/aromatic N) is 2. The number of ether oxygens (including phenoxy) is 1. The van der Waals surface area contributed by atoms with E-state index in [1.807, 2.05) is 24.4 Å². The third-order valence-corrected chi connectivity index (χ3v) is 8.63. The minimum Gasteiger partial charge on any atom is -0.481 e. The van der Waals surface area contributed by atoms with Gasteiger partial charge in [0.15, 0.2) is 11.9 Å². The number of benzene rings is 1. The molecule has 2 atom stereocenters. The SMILES string of the molecule is O=C1CCC(c2cc3nccc(-c4cc(Cl)cc5c4O[C@@H](c4onc6c4CCCC6)C5)c3s2)N1. The maximum Gasteiger partial charge on any atom is 0.220 e. The second-order valence-corrected chi connectivity index (χ2v) is 10.8. The van der Waals surface area contributed by atoms with E-state index in [4.69, 9.17) is 20.9 Å². The number of carbonyl (C=O) groups is 1. The second kappa shape index (κ2) is 7.82. The van der Waals surface area contributed by atoms with Crippen LogP contribution < -0.4 is 10.1 Å². The number of aromatic nitrogens is 2. The van der Waals surface area contributed by atoms with Gasteiger partial charge in [0.2, 0.25) is 5.91 Å². The monoisotopic (exact) mass is 491 g/mol. The lowest BCUT2D eigenvalue weighted by Crippen LogP contribution is -2.17. The lowest BCUT2D eigenvalue weighted by molar-refractivity contribution is -0.119. The van der Waals surface area contributed by atoms with E-state index < -0.39 is 0 Å². The van der Waals surface area contributed by atoms with Crippen molar-refractivity contribution in [1.29, 1.82) is 0 Å². The highest BCUT2D eigenvalue weighted by atomic mass is 35.5. The van der Waals surface area contributed by atoms with Crippen LogP contribution >= 0.6 is 22.9 Å². The molecule has 5 heterocycles. The van der Waals surface area contributed by atoms with E-state index in [-0.39, 0.29) is 18.1 Å². The number of nitrogens with one attached hydrogen (secondary N) is 1.